The summed E-state index contributed by atoms with van der Waals surface area (Å²) in [6.07, 6.45) is 9.75. The number of fused-ring (bicyclic) bond motifs is 5. The molecule has 0 aromatic heterocycles. The Morgan fingerprint density at radius 3 is 2.68 bits per heavy atom. The number of allylic oxidation sites excluding steroid dienone is 4. The van der Waals surface area contributed by atoms with Crippen LogP contribution in [0.25, 0.3) is 0 Å². The van der Waals surface area contributed by atoms with Crippen molar-refractivity contribution in [3.63, 3.8) is 0 Å². The highest BCUT2D eigenvalue weighted by molar-refractivity contribution is 5.92. The van der Waals surface area contributed by atoms with E-state index in [0.717, 1.165) is 37.9 Å². The highest BCUT2D eigenvalue weighted by Crippen LogP contribution is 2.67. The van der Waals surface area contributed by atoms with Gasteiger partial charge in [-0.2, -0.15) is 0 Å². The van der Waals surface area contributed by atoms with Crippen LogP contribution >= 0.6 is 0 Å². The molecule has 2 saturated carbocycles. The largest absolute Gasteiger partial charge is 0.459 e. The molecule has 0 unspecified atom stereocenters. The second kappa shape index (κ2) is 6.93. The first-order valence-electron chi connectivity index (χ1n) is 11.8. The standard InChI is InChI=1S/C28H34O3/c1-18-16-25-23-11-10-20-17-21(29)12-14-26(20,3)24(23)13-15-27(25,4)28(18,30)19(2)31-22-8-6-5-7-9-22/h5-9,13,17-18,23,25,30H,2,10-12,14-16H2,1,3-4H3/t18-,23-,25+,26+,27+,28+/m1/s1. The molecule has 3 heteroatoms. The van der Waals surface area contributed by atoms with Crippen molar-refractivity contribution in [1.29, 1.82) is 0 Å². The van der Waals surface area contributed by atoms with Gasteiger partial charge in [-0.25, -0.2) is 0 Å². The first kappa shape index (κ1) is 20.8. The van der Waals surface area contributed by atoms with Gasteiger partial charge in [-0.05, 0) is 68.1 Å². The Balaban J connectivity index is 1.51. The van der Waals surface area contributed by atoms with Gasteiger partial charge < -0.3 is 9.84 Å². The number of ether oxygens (including phenoxy) is 1. The average molecular weight is 419 g/mol. The van der Waals surface area contributed by atoms with Crippen molar-refractivity contribution in [2.45, 2.75) is 64.9 Å². The molecule has 5 rings (SSSR count). The van der Waals surface area contributed by atoms with E-state index in [1.807, 2.05) is 36.4 Å². The fraction of sp³-hybridized carbons (Fsp3) is 0.536. The van der Waals surface area contributed by atoms with Gasteiger partial charge in [0.1, 0.15) is 17.1 Å². The number of carbonyl (C=O) groups is 1. The molecule has 0 saturated heterocycles. The van der Waals surface area contributed by atoms with Crippen molar-refractivity contribution in [3.05, 3.63) is 66.0 Å². The summed E-state index contributed by atoms with van der Waals surface area (Å²) in [5, 5.41) is 12.2. The Morgan fingerprint density at radius 2 is 1.94 bits per heavy atom. The second-order valence-corrected chi connectivity index (χ2v) is 10.7. The molecular formula is C28H34O3. The summed E-state index contributed by atoms with van der Waals surface area (Å²) >= 11 is 0. The lowest BCUT2D eigenvalue weighted by atomic mass is 9.50. The fourth-order valence-electron chi connectivity index (χ4n) is 7.50. The highest BCUT2D eigenvalue weighted by atomic mass is 16.5. The van der Waals surface area contributed by atoms with Crippen molar-refractivity contribution in [2.24, 2.45) is 28.6 Å². The van der Waals surface area contributed by atoms with Crippen LogP contribution in [0.1, 0.15) is 59.3 Å². The number of ketones is 1. The molecule has 0 heterocycles. The van der Waals surface area contributed by atoms with E-state index < -0.39 is 5.60 Å². The Hall–Kier alpha value is -2.13. The number of hydrogen-bond acceptors (Lipinski definition) is 3. The molecular weight excluding hydrogens is 384 g/mol. The third-order valence-electron chi connectivity index (χ3n) is 9.33. The number of benzene rings is 1. The summed E-state index contributed by atoms with van der Waals surface area (Å²) in [6, 6.07) is 9.65. The van der Waals surface area contributed by atoms with Crippen molar-refractivity contribution in [1.82, 2.24) is 0 Å². The Morgan fingerprint density at radius 1 is 1.19 bits per heavy atom. The van der Waals surface area contributed by atoms with Gasteiger partial charge in [-0.3, -0.25) is 4.79 Å². The monoisotopic (exact) mass is 418 g/mol. The zero-order chi connectivity index (χ0) is 22.0. The molecule has 1 aromatic rings. The summed E-state index contributed by atoms with van der Waals surface area (Å²) in [7, 11) is 0. The summed E-state index contributed by atoms with van der Waals surface area (Å²) in [4.78, 5) is 12.1. The minimum Gasteiger partial charge on any atom is -0.459 e. The van der Waals surface area contributed by atoms with E-state index in [1.54, 1.807) is 0 Å². The molecule has 0 bridgehead atoms. The molecule has 3 nitrogen and oxygen atoms in total. The lowest BCUT2D eigenvalue weighted by molar-refractivity contribution is -0.115. The molecule has 2 fully saturated rings. The molecule has 4 aliphatic rings. The van der Waals surface area contributed by atoms with Crippen LogP contribution in [0, 0.1) is 28.6 Å². The molecule has 6 atom stereocenters. The van der Waals surface area contributed by atoms with Crippen molar-refractivity contribution in [3.8, 4) is 5.75 Å². The summed E-state index contributed by atoms with van der Waals surface area (Å²) in [6.45, 7) is 11.0. The maximum atomic E-state index is 12.2. The van der Waals surface area contributed by atoms with Crippen LogP contribution in [0.4, 0.5) is 0 Å². The summed E-state index contributed by atoms with van der Waals surface area (Å²) in [5.74, 6) is 2.39. The van der Waals surface area contributed by atoms with Gasteiger partial charge in [0.2, 0.25) is 0 Å². The van der Waals surface area contributed by atoms with E-state index in [-0.39, 0.29) is 22.5 Å². The van der Waals surface area contributed by atoms with Crippen LogP contribution in [-0.2, 0) is 4.79 Å². The van der Waals surface area contributed by atoms with Gasteiger partial charge in [0.15, 0.2) is 5.78 Å². The van der Waals surface area contributed by atoms with Gasteiger partial charge in [-0.15, -0.1) is 0 Å². The summed E-state index contributed by atoms with van der Waals surface area (Å²) in [5.41, 5.74) is 1.47. The number of aliphatic hydroxyl groups is 1. The molecule has 0 amide bonds. The predicted molar refractivity (Wildman–Crippen MR) is 122 cm³/mol. The minimum atomic E-state index is -1.07. The molecule has 1 N–H and O–H groups in total. The molecule has 164 valence electrons. The highest BCUT2D eigenvalue weighted by Gasteiger charge is 2.66. The minimum absolute atomic E-state index is 0.0135. The molecule has 31 heavy (non-hydrogen) atoms. The predicted octanol–water partition coefficient (Wildman–Crippen LogP) is 6.01. The quantitative estimate of drug-likeness (QED) is 0.483. The molecule has 1 aromatic carbocycles. The maximum absolute atomic E-state index is 12.2. The first-order valence-corrected chi connectivity index (χ1v) is 11.8. The van der Waals surface area contributed by atoms with Crippen LogP contribution in [0.5, 0.6) is 5.75 Å². The third kappa shape index (κ3) is 2.78. The molecule has 4 aliphatic carbocycles. The van der Waals surface area contributed by atoms with Crippen LogP contribution in [-0.4, -0.2) is 16.5 Å². The van der Waals surface area contributed by atoms with E-state index in [0.29, 0.717) is 24.0 Å². The zero-order valence-electron chi connectivity index (χ0n) is 19.0. The fourth-order valence-corrected chi connectivity index (χ4v) is 7.50. The van der Waals surface area contributed by atoms with E-state index in [1.165, 1.54) is 11.1 Å². The SMILES string of the molecule is C=C(Oc1ccccc1)[C@@]1(O)[C@H](C)C[C@H]2[C@@H]3CCC4=CC(=O)CC[C@]4(C)C3=CC[C@@]21C. The van der Waals surface area contributed by atoms with Crippen molar-refractivity contribution in [2.75, 3.05) is 0 Å². The molecule has 0 radical (unpaired) electrons. The number of hydrogen-bond donors (Lipinski definition) is 1. The van der Waals surface area contributed by atoms with Crippen LogP contribution < -0.4 is 4.74 Å². The normalized spacial score (nSPS) is 41.4. The van der Waals surface area contributed by atoms with Gasteiger partial charge >= 0.3 is 0 Å². The van der Waals surface area contributed by atoms with E-state index in [4.69, 9.17) is 4.74 Å². The smallest absolute Gasteiger partial charge is 0.155 e. The van der Waals surface area contributed by atoms with Gasteiger partial charge in [0, 0.05) is 17.3 Å². The first-order chi connectivity index (χ1) is 14.7. The van der Waals surface area contributed by atoms with Gasteiger partial charge in [-0.1, -0.05) is 62.8 Å². The Kier molecular flexibility index (Phi) is 4.64. The van der Waals surface area contributed by atoms with Gasteiger partial charge in [0.25, 0.3) is 0 Å². The van der Waals surface area contributed by atoms with Gasteiger partial charge in [0.05, 0.1) is 0 Å². The second-order valence-electron chi connectivity index (χ2n) is 10.7. The van der Waals surface area contributed by atoms with E-state index >= 15 is 0 Å². The summed E-state index contributed by atoms with van der Waals surface area (Å²) < 4.78 is 6.13. The molecule has 0 aliphatic heterocycles. The van der Waals surface area contributed by atoms with E-state index in [2.05, 4.69) is 33.4 Å². The molecule has 0 spiro atoms. The Labute approximate surface area is 185 Å². The third-order valence-corrected chi connectivity index (χ3v) is 9.33. The number of carbonyl (C=O) groups excluding carboxylic acids is 1. The van der Waals surface area contributed by atoms with Crippen LogP contribution in [0.15, 0.2) is 66.0 Å². The van der Waals surface area contributed by atoms with Crippen LogP contribution in [0.3, 0.4) is 0 Å². The topological polar surface area (TPSA) is 46.5 Å². The van der Waals surface area contributed by atoms with Crippen molar-refractivity contribution < 1.29 is 14.6 Å². The lowest BCUT2D eigenvalue weighted by Gasteiger charge is -2.55. The Bertz CT molecular complexity index is 989. The number of rotatable bonds is 3. The lowest BCUT2D eigenvalue weighted by Crippen LogP contribution is -2.54. The zero-order valence-corrected chi connectivity index (χ0v) is 19.0. The number of para-hydroxylation sites is 1. The van der Waals surface area contributed by atoms with Crippen molar-refractivity contribution >= 4 is 5.78 Å². The van der Waals surface area contributed by atoms with E-state index in [9.17, 15) is 9.90 Å². The maximum Gasteiger partial charge on any atom is 0.155 e. The van der Waals surface area contributed by atoms with Crippen LogP contribution in [0.2, 0.25) is 0 Å². The average Bonchev–Trinajstić information content (AvgIpc) is 2.96.